The summed E-state index contributed by atoms with van der Waals surface area (Å²) in [6.45, 7) is 3.32. The van der Waals surface area contributed by atoms with Crippen LogP contribution in [0.3, 0.4) is 0 Å². The van der Waals surface area contributed by atoms with E-state index in [1.807, 2.05) is 11.8 Å². The third kappa shape index (κ3) is 2.32. The number of pyridine rings is 1. The zero-order chi connectivity index (χ0) is 16.7. The molecule has 2 aromatic rings. The number of hydrogen-bond donors (Lipinski definition) is 0. The summed E-state index contributed by atoms with van der Waals surface area (Å²) in [5.74, 6) is 1.67. The topological polar surface area (TPSA) is 72.1 Å². The van der Waals surface area contributed by atoms with Gasteiger partial charge >= 0.3 is 0 Å². The highest BCUT2D eigenvalue weighted by Crippen LogP contribution is 2.50. The molecule has 1 aliphatic carbocycles. The van der Waals surface area contributed by atoms with Crippen molar-refractivity contribution >= 4 is 17.5 Å². The highest BCUT2D eigenvalue weighted by Gasteiger charge is 2.55. The molecule has 2 aliphatic rings. The van der Waals surface area contributed by atoms with Gasteiger partial charge in [0.2, 0.25) is 11.8 Å². The highest BCUT2D eigenvalue weighted by molar-refractivity contribution is 6.33. The second-order valence-electron chi connectivity index (χ2n) is 6.64. The van der Waals surface area contributed by atoms with Crippen LogP contribution in [0.25, 0.3) is 0 Å². The molecule has 0 aromatic carbocycles. The zero-order valence-electron chi connectivity index (χ0n) is 13.5. The Labute approximate surface area is 145 Å². The minimum Gasteiger partial charge on any atom is -0.425 e. The quantitative estimate of drug-likeness (QED) is 0.854. The molecule has 1 aliphatic heterocycles. The Morgan fingerprint density at radius 1 is 1.50 bits per heavy atom. The lowest BCUT2D eigenvalue weighted by molar-refractivity contribution is 0.0775. The molecule has 24 heavy (non-hydrogen) atoms. The van der Waals surface area contributed by atoms with Gasteiger partial charge in [-0.05, 0) is 24.8 Å². The number of amides is 1. The molecule has 0 N–H and O–H groups in total. The largest absolute Gasteiger partial charge is 0.425 e. The molecule has 3 heterocycles. The number of carbonyl (C=O) groups excluding carboxylic acids is 1. The second kappa shape index (κ2) is 5.84. The third-order valence-electron chi connectivity index (χ3n) is 5.36. The van der Waals surface area contributed by atoms with Gasteiger partial charge in [-0.25, -0.2) is 0 Å². The van der Waals surface area contributed by atoms with Gasteiger partial charge in [-0.1, -0.05) is 24.9 Å². The normalized spacial score (nSPS) is 25.9. The fourth-order valence-electron chi connectivity index (χ4n) is 4.11. The van der Waals surface area contributed by atoms with E-state index >= 15 is 0 Å². The molecular weight excluding hydrogens is 328 g/mol. The number of aromatic nitrogens is 3. The van der Waals surface area contributed by atoms with Crippen molar-refractivity contribution in [2.45, 2.75) is 38.0 Å². The van der Waals surface area contributed by atoms with E-state index < -0.39 is 0 Å². The van der Waals surface area contributed by atoms with Crippen LogP contribution >= 0.6 is 11.6 Å². The van der Waals surface area contributed by atoms with Crippen molar-refractivity contribution in [1.82, 2.24) is 20.1 Å². The van der Waals surface area contributed by atoms with Crippen molar-refractivity contribution in [1.29, 1.82) is 0 Å². The van der Waals surface area contributed by atoms with Crippen molar-refractivity contribution in [3.05, 3.63) is 40.8 Å². The average molecular weight is 347 g/mol. The lowest BCUT2D eigenvalue weighted by atomic mass is 9.80. The number of aryl methyl sites for hydroxylation is 1. The van der Waals surface area contributed by atoms with Gasteiger partial charge in [0.15, 0.2) is 0 Å². The van der Waals surface area contributed by atoms with Crippen molar-refractivity contribution in [2.24, 2.45) is 5.92 Å². The molecule has 2 fully saturated rings. The summed E-state index contributed by atoms with van der Waals surface area (Å²) in [5, 5.41) is 8.81. The van der Waals surface area contributed by atoms with E-state index in [4.69, 9.17) is 16.0 Å². The first-order valence-corrected chi connectivity index (χ1v) is 8.73. The number of nitrogens with zero attached hydrogens (tertiary/aromatic N) is 4. The van der Waals surface area contributed by atoms with Crippen LogP contribution in [0.2, 0.25) is 5.02 Å². The predicted octanol–water partition coefficient (Wildman–Crippen LogP) is 2.87. The Balaban J connectivity index is 1.64. The van der Waals surface area contributed by atoms with Crippen LogP contribution in [0, 0.1) is 5.92 Å². The first-order chi connectivity index (χ1) is 11.6. The number of rotatable bonds is 3. The Kier molecular flexibility index (Phi) is 3.79. The fourth-order valence-corrected chi connectivity index (χ4v) is 4.31. The van der Waals surface area contributed by atoms with Crippen LogP contribution in [0.15, 0.2) is 22.9 Å². The van der Waals surface area contributed by atoms with Gasteiger partial charge < -0.3 is 9.32 Å². The first kappa shape index (κ1) is 15.6. The lowest BCUT2D eigenvalue weighted by Gasteiger charge is -2.24. The van der Waals surface area contributed by atoms with E-state index in [2.05, 4.69) is 15.2 Å². The van der Waals surface area contributed by atoms with Gasteiger partial charge in [-0.3, -0.25) is 9.78 Å². The van der Waals surface area contributed by atoms with Gasteiger partial charge in [0.1, 0.15) is 0 Å². The van der Waals surface area contributed by atoms with Crippen molar-refractivity contribution in [2.75, 3.05) is 13.1 Å². The zero-order valence-corrected chi connectivity index (χ0v) is 14.3. The molecule has 1 saturated heterocycles. The monoisotopic (exact) mass is 346 g/mol. The standard InChI is InChI=1S/C17H19ClN4O2/c1-2-14-20-21-16(24-14)17-6-3-4-11(17)9-22(10-17)15(23)12-5-7-19-8-13(12)18/h5,7-8,11H,2-4,6,9-10H2,1H3/t11-,17-/m0/s1. The fraction of sp³-hybridized carbons (Fsp3) is 0.529. The Morgan fingerprint density at radius 3 is 3.12 bits per heavy atom. The van der Waals surface area contributed by atoms with Crippen molar-refractivity contribution in [3.63, 3.8) is 0 Å². The van der Waals surface area contributed by atoms with Crippen LogP contribution in [-0.4, -0.2) is 39.1 Å². The maximum Gasteiger partial charge on any atom is 0.255 e. The summed E-state index contributed by atoms with van der Waals surface area (Å²) in [5.41, 5.74) is 0.303. The first-order valence-electron chi connectivity index (χ1n) is 8.35. The van der Waals surface area contributed by atoms with Crippen LogP contribution in [0.1, 0.15) is 48.3 Å². The van der Waals surface area contributed by atoms with Crippen molar-refractivity contribution < 1.29 is 9.21 Å². The lowest BCUT2D eigenvalue weighted by Crippen LogP contribution is -2.35. The molecule has 6 nitrogen and oxygen atoms in total. The highest BCUT2D eigenvalue weighted by atomic mass is 35.5. The van der Waals surface area contributed by atoms with Gasteiger partial charge in [-0.15, -0.1) is 10.2 Å². The molecule has 4 rings (SSSR count). The third-order valence-corrected chi connectivity index (χ3v) is 5.66. The molecule has 0 spiro atoms. The van der Waals surface area contributed by atoms with Crippen LogP contribution < -0.4 is 0 Å². The number of halogens is 1. The maximum atomic E-state index is 12.9. The minimum absolute atomic E-state index is 0.0496. The predicted molar refractivity (Wildman–Crippen MR) is 87.8 cm³/mol. The molecule has 1 amide bonds. The minimum atomic E-state index is -0.199. The molecule has 0 radical (unpaired) electrons. The molecule has 126 valence electrons. The van der Waals surface area contributed by atoms with Gasteiger partial charge in [-0.2, -0.15) is 0 Å². The molecule has 2 atom stereocenters. The molecule has 1 saturated carbocycles. The summed E-state index contributed by atoms with van der Waals surface area (Å²) in [6, 6.07) is 1.67. The Hall–Kier alpha value is -1.95. The summed E-state index contributed by atoms with van der Waals surface area (Å²) >= 11 is 6.14. The van der Waals surface area contributed by atoms with E-state index in [9.17, 15) is 4.79 Å². The molecule has 2 aromatic heterocycles. The number of likely N-dealkylation sites (tertiary alicyclic amines) is 1. The van der Waals surface area contributed by atoms with Gasteiger partial charge in [0, 0.05) is 31.9 Å². The van der Waals surface area contributed by atoms with E-state index in [0.29, 0.717) is 41.4 Å². The van der Waals surface area contributed by atoms with E-state index in [-0.39, 0.29) is 11.3 Å². The maximum absolute atomic E-state index is 12.9. The van der Waals surface area contributed by atoms with Crippen LogP contribution in [-0.2, 0) is 11.8 Å². The number of fused-ring (bicyclic) bond motifs is 1. The second-order valence-corrected chi connectivity index (χ2v) is 7.05. The Morgan fingerprint density at radius 2 is 2.38 bits per heavy atom. The van der Waals surface area contributed by atoms with E-state index in [1.165, 1.54) is 6.20 Å². The summed E-state index contributed by atoms with van der Waals surface area (Å²) in [7, 11) is 0. The number of carbonyl (C=O) groups is 1. The molecule has 7 heteroatoms. The summed E-state index contributed by atoms with van der Waals surface area (Å²) in [4.78, 5) is 18.7. The summed E-state index contributed by atoms with van der Waals surface area (Å²) in [6.07, 6.45) is 7.02. The van der Waals surface area contributed by atoms with Crippen LogP contribution in [0.5, 0.6) is 0 Å². The summed E-state index contributed by atoms with van der Waals surface area (Å²) < 4.78 is 5.88. The average Bonchev–Trinajstić information content (AvgIpc) is 3.28. The van der Waals surface area contributed by atoms with Gasteiger partial charge in [0.05, 0.1) is 16.0 Å². The molecule has 0 unspecified atom stereocenters. The van der Waals surface area contributed by atoms with Gasteiger partial charge in [0.25, 0.3) is 5.91 Å². The Bertz CT molecular complexity index is 777. The van der Waals surface area contributed by atoms with E-state index in [1.54, 1.807) is 12.3 Å². The molecule has 0 bridgehead atoms. The van der Waals surface area contributed by atoms with E-state index in [0.717, 1.165) is 25.7 Å². The smallest absolute Gasteiger partial charge is 0.255 e. The van der Waals surface area contributed by atoms with Crippen molar-refractivity contribution in [3.8, 4) is 0 Å². The van der Waals surface area contributed by atoms with Crippen LogP contribution in [0.4, 0.5) is 0 Å². The molecular formula is C17H19ClN4O2. The SMILES string of the molecule is CCc1nnc([C@]23CCC[C@H]2CN(C(=O)c2ccncc2Cl)C3)o1. The number of hydrogen-bond acceptors (Lipinski definition) is 5.